The Morgan fingerprint density at radius 3 is 2.73 bits per heavy atom. The summed E-state index contributed by atoms with van der Waals surface area (Å²) in [6, 6.07) is 3.69. The SMILES string of the molecule is CCCN1CCC2(CC1)CCN(C(=O)c1cccnc1SC)C[C@H]2CO. The molecule has 1 N–H and O–H groups in total. The second kappa shape index (κ2) is 8.72. The Balaban J connectivity index is 1.69. The summed E-state index contributed by atoms with van der Waals surface area (Å²) in [5.74, 6) is 0.234. The standard InChI is InChI=1S/C20H31N3O2S/c1-3-10-22-11-6-20(7-12-22)8-13-23(14-16(20)15-24)19(25)17-5-4-9-21-18(17)26-2/h4-5,9,16,24H,3,6-8,10-15H2,1-2H3/t16-/m0/s1. The molecule has 2 aliphatic heterocycles. The zero-order chi connectivity index (χ0) is 18.6. The van der Waals surface area contributed by atoms with Crippen LogP contribution in [0.3, 0.4) is 0 Å². The van der Waals surface area contributed by atoms with Crippen LogP contribution in [0.25, 0.3) is 0 Å². The predicted molar refractivity (Wildman–Crippen MR) is 106 cm³/mol. The first-order chi connectivity index (χ1) is 12.6. The molecule has 2 fully saturated rings. The highest BCUT2D eigenvalue weighted by atomic mass is 32.2. The van der Waals surface area contributed by atoms with Gasteiger partial charge in [0.25, 0.3) is 5.91 Å². The number of likely N-dealkylation sites (tertiary alicyclic amines) is 2. The zero-order valence-electron chi connectivity index (χ0n) is 16.0. The van der Waals surface area contributed by atoms with Gasteiger partial charge in [0.15, 0.2) is 0 Å². The molecule has 6 heteroatoms. The molecule has 1 spiro atoms. The van der Waals surface area contributed by atoms with Gasteiger partial charge in [-0.15, -0.1) is 11.8 Å². The smallest absolute Gasteiger partial charge is 0.256 e. The van der Waals surface area contributed by atoms with Crippen LogP contribution in [0.15, 0.2) is 23.4 Å². The van der Waals surface area contributed by atoms with Gasteiger partial charge in [-0.2, -0.15) is 0 Å². The van der Waals surface area contributed by atoms with Gasteiger partial charge in [0.2, 0.25) is 0 Å². The van der Waals surface area contributed by atoms with Gasteiger partial charge in [0.1, 0.15) is 5.03 Å². The molecule has 0 aliphatic carbocycles. The first-order valence-electron chi connectivity index (χ1n) is 9.75. The number of aliphatic hydroxyl groups is 1. The third kappa shape index (κ3) is 3.92. The normalized spacial score (nSPS) is 23.3. The molecule has 1 aromatic rings. The van der Waals surface area contributed by atoms with Gasteiger partial charge in [-0.05, 0) is 69.1 Å². The van der Waals surface area contributed by atoms with Gasteiger partial charge in [0.05, 0.1) is 5.56 Å². The fourth-order valence-corrected chi connectivity index (χ4v) is 5.17. The summed E-state index contributed by atoms with van der Waals surface area (Å²) in [6.07, 6.45) is 8.16. The lowest BCUT2D eigenvalue weighted by molar-refractivity contribution is -0.0351. The molecule has 0 aromatic carbocycles. The Morgan fingerprint density at radius 1 is 1.35 bits per heavy atom. The van der Waals surface area contributed by atoms with Crippen molar-refractivity contribution >= 4 is 17.7 Å². The number of aliphatic hydroxyl groups excluding tert-OH is 1. The summed E-state index contributed by atoms with van der Waals surface area (Å²) in [4.78, 5) is 21.8. The summed E-state index contributed by atoms with van der Waals surface area (Å²) < 4.78 is 0. The Morgan fingerprint density at radius 2 is 2.08 bits per heavy atom. The third-order valence-electron chi connectivity index (χ3n) is 6.28. The summed E-state index contributed by atoms with van der Waals surface area (Å²) in [7, 11) is 0. The van der Waals surface area contributed by atoms with Crippen molar-refractivity contribution in [2.45, 2.75) is 37.6 Å². The van der Waals surface area contributed by atoms with E-state index in [1.807, 2.05) is 23.3 Å². The molecule has 144 valence electrons. The average molecular weight is 378 g/mol. The van der Waals surface area contributed by atoms with Gasteiger partial charge in [0, 0.05) is 31.8 Å². The van der Waals surface area contributed by atoms with E-state index in [0.29, 0.717) is 12.1 Å². The lowest BCUT2D eigenvalue weighted by Crippen LogP contribution is -2.54. The van der Waals surface area contributed by atoms with Crippen LogP contribution in [0.1, 0.15) is 43.0 Å². The van der Waals surface area contributed by atoms with Crippen molar-refractivity contribution in [3.8, 4) is 0 Å². The monoisotopic (exact) mass is 377 g/mol. The van der Waals surface area contributed by atoms with E-state index in [-0.39, 0.29) is 23.8 Å². The fourth-order valence-electron chi connectivity index (χ4n) is 4.63. The van der Waals surface area contributed by atoms with Crippen molar-refractivity contribution in [2.24, 2.45) is 11.3 Å². The van der Waals surface area contributed by atoms with Crippen LogP contribution in [0, 0.1) is 11.3 Å². The number of pyridine rings is 1. The van der Waals surface area contributed by atoms with E-state index in [4.69, 9.17) is 0 Å². The first kappa shape index (κ1) is 19.6. The molecule has 1 atom stereocenters. The number of carbonyl (C=O) groups is 1. The molecular formula is C20H31N3O2S. The minimum Gasteiger partial charge on any atom is -0.396 e. The minimum absolute atomic E-state index is 0.0548. The molecule has 26 heavy (non-hydrogen) atoms. The molecule has 0 bridgehead atoms. The van der Waals surface area contributed by atoms with E-state index in [1.165, 1.54) is 24.7 Å². The highest BCUT2D eigenvalue weighted by molar-refractivity contribution is 7.98. The highest BCUT2D eigenvalue weighted by Gasteiger charge is 2.45. The second-order valence-electron chi connectivity index (χ2n) is 7.64. The number of amides is 1. The first-order valence-corrected chi connectivity index (χ1v) is 11.0. The molecule has 2 aliphatic rings. The van der Waals surface area contributed by atoms with Crippen molar-refractivity contribution in [1.82, 2.24) is 14.8 Å². The Kier molecular flexibility index (Phi) is 6.59. The number of aromatic nitrogens is 1. The van der Waals surface area contributed by atoms with Crippen LogP contribution in [0.4, 0.5) is 0 Å². The number of nitrogens with zero attached hydrogens (tertiary/aromatic N) is 3. The molecule has 1 aromatic heterocycles. The maximum atomic E-state index is 13.0. The molecule has 2 saturated heterocycles. The van der Waals surface area contributed by atoms with Crippen molar-refractivity contribution in [3.63, 3.8) is 0 Å². The Labute approximate surface area is 161 Å². The lowest BCUT2D eigenvalue weighted by Gasteiger charge is -2.51. The predicted octanol–water partition coefficient (Wildman–Crippen LogP) is 2.75. The van der Waals surface area contributed by atoms with Crippen molar-refractivity contribution in [2.75, 3.05) is 45.6 Å². The van der Waals surface area contributed by atoms with Gasteiger partial charge in [-0.3, -0.25) is 4.79 Å². The number of hydrogen-bond acceptors (Lipinski definition) is 5. The summed E-state index contributed by atoms with van der Waals surface area (Å²) in [6.45, 7) is 7.25. The van der Waals surface area contributed by atoms with Crippen molar-refractivity contribution < 1.29 is 9.90 Å². The Hall–Kier alpha value is -1.11. The number of rotatable bonds is 5. The van der Waals surface area contributed by atoms with E-state index in [1.54, 1.807) is 6.20 Å². The Bertz CT molecular complexity index is 617. The number of carbonyl (C=O) groups excluding carboxylic acids is 1. The van der Waals surface area contributed by atoms with E-state index >= 15 is 0 Å². The minimum atomic E-state index is 0.0548. The molecular weight excluding hydrogens is 346 g/mol. The molecule has 3 heterocycles. The molecule has 1 amide bonds. The second-order valence-corrected chi connectivity index (χ2v) is 8.44. The molecule has 0 unspecified atom stereocenters. The number of piperidine rings is 2. The summed E-state index contributed by atoms with van der Waals surface area (Å²) in [5.41, 5.74) is 0.887. The maximum Gasteiger partial charge on any atom is 0.256 e. The van der Waals surface area contributed by atoms with E-state index in [9.17, 15) is 9.90 Å². The molecule has 5 nitrogen and oxygen atoms in total. The van der Waals surface area contributed by atoms with Crippen LogP contribution in [0.2, 0.25) is 0 Å². The topological polar surface area (TPSA) is 56.7 Å². The van der Waals surface area contributed by atoms with Gasteiger partial charge >= 0.3 is 0 Å². The highest BCUT2D eigenvalue weighted by Crippen LogP contribution is 2.45. The van der Waals surface area contributed by atoms with Gasteiger partial charge < -0.3 is 14.9 Å². The van der Waals surface area contributed by atoms with Crippen molar-refractivity contribution in [3.05, 3.63) is 23.9 Å². The molecule has 3 rings (SSSR count). The van der Waals surface area contributed by atoms with E-state index in [0.717, 1.165) is 43.9 Å². The van der Waals surface area contributed by atoms with Crippen LogP contribution in [-0.4, -0.2) is 71.4 Å². The lowest BCUT2D eigenvalue weighted by atomic mass is 9.64. The van der Waals surface area contributed by atoms with E-state index in [2.05, 4.69) is 16.8 Å². The van der Waals surface area contributed by atoms with Gasteiger partial charge in [-0.25, -0.2) is 4.98 Å². The molecule has 0 saturated carbocycles. The van der Waals surface area contributed by atoms with Crippen LogP contribution < -0.4 is 0 Å². The fraction of sp³-hybridized carbons (Fsp3) is 0.700. The van der Waals surface area contributed by atoms with Gasteiger partial charge in [-0.1, -0.05) is 6.92 Å². The van der Waals surface area contributed by atoms with Crippen molar-refractivity contribution in [1.29, 1.82) is 0 Å². The number of hydrogen-bond donors (Lipinski definition) is 1. The third-order valence-corrected chi connectivity index (χ3v) is 6.99. The summed E-state index contributed by atoms with van der Waals surface area (Å²) in [5, 5.41) is 10.9. The molecule has 0 radical (unpaired) electrons. The van der Waals surface area contributed by atoms with Crippen LogP contribution in [-0.2, 0) is 0 Å². The average Bonchev–Trinajstić information content (AvgIpc) is 2.69. The zero-order valence-corrected chi connectivity index (χ0v) is 16.8. The quantitative estimate of drug-likeness (QED) is 0.800. The maximum absolute atomic E-state index is 13.0. The van der Waals surface area contributed by atoms with Crippen LogP contribution in [0.5, 0.6) is 0 Å². The summed E-state index contributed by atoms with van der Waals surface area (Å²) >= 11 is 1.51. The number of thioether (sulfide) groups is 1. The van der Waals surface area contributed by atoms with Crippen LogP contribution >= 0.6 is 11.8 Å². The van der Waals surface area contributed by atoms with E-state index < -0.39 is 0 Å². The largest absolute Gasteiger partial charge is 0.396 e.